The van der Waals surface area contributed by atoms with Crippen molar-refractivity contribution in [2.75, 3.05) is 5.32 Å². The monoisotopic (exact) mass is 350 g/mol. The normalized spacial score (nSPS) is 10.2. The van der Waals surface area contributed by atoms with Gasteiger partial charge in [-0.1, -0.05) is 42.1 Å². The Kier molecular flexibility index (Phi) is 5.11. The zero-order chi connectivity index (χ0) is 17.6. The lowest BCUT2D eigenvalue weighted by atomic mass is 10.2. The van der Waals surface area contributed by atoms with Crippen LogP contribution in [-0.2, 0) is 0 Å². The molecule has 0 saturated carbocycles. The van der Waals surface area contributed by atoms with Gasteiger partial charge in [0.25, 0.3) is 11.6 Å². The van der Waals surface area contributed by atoms with E-state index in [0.717, 1.165) is 9.79 Å². The third-order valence-corrected chi connectivity index (χ3v) is 4.46. The van der Waals surface area contributed by atoms with Gasteiger partial charge >= 0.3 is 0 Å². The van der Waals surface area contributed by atoms with Crippen LogP contribution in [0.2, 0.25) is 0 Å². The second-order valence-electron chi connectivity index (χ2n) is 5.17. The summed E-state index contributed by atoms with van der Waals surface area (Å²) in [6.45, 7) is 0. The minimum absolute atomic E-state index is 0.132. The maximum absolute atomic E-state index is 12.3. The van der Waals surface area contributed by atoms with Crippen molar-refractivity contribution in [3.63, 3.8) is 0 Å². The highest BCUT2D eigenvalue weighted by Crippen LogP contribution is 2.28. The quantitative estimate of drug-likeness (QED) is 0.519. The molecule has 0 radical (unpaired) electrons. The number of hydrogen-bond donors (Lipinski definition) is 1. The Balaban J connectivity index is 1.72. The Morgan fingerprint density at radius 1 is 0.840 bits per heavy atom. The minimum atomic E-state index is -0.519. The molecule has 0 unspecified atom stereocenters. The highest BCUT2D eigenvalue weighted by Gasteiger charge is 2.15. The van der Waals surface area contributed by atoms with E-state index < -0.39 is 4.92 Å². The second-order valence-corrected chi connectivity index (χ2v) is 6.31. The van der Waals surface area contributed by atoms with Gasteiger partial charge in [0.15, 0.2) is 0 Å². The number of nitro benzene ring substituents is 1. The highest BCUT2D eigenvalue weighted by atomic mass is 32.2. The van der Waals surface area contributed by atoms with E-state index in [4.69, 9.17) is 0 Å². The summed E-state index contributed by atoms with van der Waals surface area (Å²) in [6, 6.07) is 23.1. The molecule has 0 spiro atoms. The molecular weight excluding hydrogens is 336 g/mol. The molecule has 6 heteroatoms. The molecule has 0 atom stereocenters. The molecule has 1 N–H and O–H groups in total. The van der Waals surface area contributed by atoms with Crippen molar-refractivity contribution < 1.29 is 9.72 Å². The van der Waals surface area contributed by atoms with Crippen LogP contribution < -0.4 is 5.32 Å². The molecule has 0 aliphatic heterocycles. The molecule has 3 aromatic rings. The lowest BCUT2D eigenvalue weighted by Crippen LogP contribution is -2.12. The molecule has 124 valence electrons. The molecular formula is C19H14N2O3S. The largest absolute Gasteiger partial charge is 0.316 e. The number of rotatable bonds is 5. The number of carbonyl (C=O) groups is 1. The van der Waals surface area contributed by atoms with E-state index in [1.807, 2.05) is 42.5 Å². The van der Waals surface area contributed by atoms with Gasteiger partial charge in [0.05, 0.1) is 4.92 Å². The van der Waals surface area contributed by atoms with E-state index in [2.05, 4.69) is 5.32 Å². The zero-order valence-electron chi connectivity index (χ0n) is 13.1. The molecule has 0 fully saturated rings. The van der Waals surface area contributed by atoms with E-state index in [1.54, 1.807) is 36.0 Å². The highest BCUT2D eigenvalue weighted by molar-refractivity contribution is 7.99. The summed E-state index contributed by atoms with van der Waals surface area (Å²) < 4.78 is 0. The van der Waals surface area contributed by atoms with Crippen LogP contribution in [0.4, 0.5) is 11.4 Å². The average Bonchev–Trinajstić information content (AvgIpc) is 2.63. The first kappa shape index (κ1) is 16.7. The summed E-state index contributed by atoms with van der Waals surface area (Å²) in [6.07, 6.45) is 0. The van der Waals surface area contributed by atoms with Crippen molar-refractivity contribution in [3.8, 4) is 0 Å². The van der Waals surface area contributed by atoms with Gasteiger partial charge in [-0.05, 0) is 42.5 Å². The number of hydrogen-bond acceptors (Lipinski definition) is 4. The van der Waals surface area contributed by atoms with Crippen molar-refractivity contribution in [1.29, 1.82) is 0 Å². The zero-order valence-corrected chi connectivity index (χ0v) is 13.9. The molecule has 25 heavy (non-hydrogen) atoms. The molecule has 0 heterocycles. The predicted octanol–water partition coefficient (Wildman–Crippen LogP) is 5.00. The third-order valence-electron chi connectivity index (χ3n) is 3.44. The Morgan fingerprint density at radius 2 is 1.44 bits per heavy atom. The molecule has 1 amide bonds. The lowest BCUT2D eigenvalue weighted by Gasteiger charge is -2.07. The third kappa shape index (κ3) is 4.24. The van der Waals surface area contributed by atoms with Crippen molar-refractivity contribution in [2.24, 2.45) is 0 Å². The van der Waals surface area contributed by atoms with Crippen LogP contribution in [0.25, 0.3) is 0 Å². The van der Waals surface area contributed by atoms with E-state index in [1.165, 1.54) is 12.1 Å². The molecule has 0 saturated heterocycles. The number of benzene rings is 3. The fourth-order valence-corrected chi connectivity index (χ4v) is 3.07. The van der Waals surface area contributed by atoms with Crippen LogP contribution in [0.3, 0.4) is 0 Å². The SMILES string of the molecule is O=C(Nc1ccccc1[N+](=O)[O-])c1ccc(Sc2ccccc2)cc1. The van der Waals surface area contributed by atoms with E-state index in [0.29, 0.717) is 5.56 Å². The Morgan fingerprint density at radius 3 is 2.12 bits per heavy atom. The number of nitrogens with one attached hydrogen (secondary N) is 1. The van der Waals surface area contributed by atoms with Gasteiger partial charge in [-0.3, -0.25) is 14.9 Å². The van der Waals surface area contributed by atoms with Crippen molar-refractivity contribution in [2.45, 2.75) is 9.79 Å². The fourth-order valence-electron chi connectivity index (χ4n) is 2.23. The van der Waals surface area contributed by atoms with Crippen LogP contribution in [0.5, 0.6) is 0 Å². The van der Waals surface area contributed by atoms with Gasteiger partial charge in [-0.2, -0.15) is 0 Å². The lowest BCUT2D eigenvalue weighted by molar-refractivity contribution is -0.383. The summed E-state index contributed by atoms with van der Waals surface area (Å²) in [4.78, 5) is 24.9. The van der Waals surface area contributed by atoms with E-state index in [9.17, 15) is 14.9 Å². The molecule has 3 rings (SSSR count). The summed E-state index contributed by atoms with van der Waals surface area (Å²) in [5, 5.41) is 13.6. The van der Waals surface area contributed by atoms with Crippen molar-refractivity contribution in [3.05, 3.63) is 94.5 Å². The van der Waals surface area contributed by atoms with Gasteiger partial charge in [0.1, 0.15) is 5.69 Å². The van der Waals surface area contributed by atoms with Crippen LogP contribution in [0, 0.1) is 10.1 Å². The number of nitro groups is 1. The number of amides is 1. The summed E-state index contributed by atoms with van der Waals surface area (Å²) >= 11 is 1.60. The average molecular weight is 350 g/mol. The van der Waals surface area contributed by atoms with Gasteiger partial charge in [-0.25, -0.2) is 0 Å². The van der Waals surface area contributed by atoms with Crippen LogP contribution in [0.1, 0.15) is 10.4 Å². The second kappa shape index (κ2) is 7.63. The molecule has 0 aliphatic carbocycles. The number of para-hydroxylation sites is 2. The summed E-state index contributed by atoms with van der Waals surface area (Å²) in [5.74, 6) is -0.384. The topological polar surface area (TPSA) is 72.2 Å². The Labute approximate surface area is 148 Å². The van der Waals surface area contributed by atoms with Crippen molar-refractivity contribution in [1.82, 2.24) is 0 Å². The molecule has 5 nitrogen and oxygen atoms in total. The molecule has 0 bridgehead atoms. The number of nitrogens with zero attached hydrogens (tertiary/aromatic N) is 1. The van der Waals surface area contributed by atoms with Gasteiger partial charge in [-0.15, -0.1) is 0 Å². The first-order valence-corrected chi connectivity index (χ1v) is 8.33. The summed E-state index contributed by atoms with van der Waals surface area (Å²) in [7, 11) is 0. The first-order valence-electron chi connectivity index (χ1n) is 7.51. The maximum atomic E-state index is 12.3. The van der Waals surface area contributed by atoms with Gasteiger partial charge < -0.3 is 5.32 Å². The van der Waals surface area contributed by atoms with Gasteiger partial charge in [0, 0.05) is 21.4 Å². The number of anilines is 1. The molecule has 3 aromatic carbocycles. The standard InChI is InChI=1S/C19H14N2O3S/c22-19(20-17-8-4-5-9-18(17)21(23)24)14-10-12-16(13-11-14)25-15-6-2-1-3-7-15/h1-13H,(H,20,22). The smallest absolute Gasteiger partial charge is 0.292 e. The predicted molar refractivity (Wildman–Crippen MR) is 98.1 cm³/mol. The molecule has 0 aromatic heterocycles. The van der Waals surface area contributed by atoms with Gasteiger partial charge in [0.2, 0.25) is 0 Å². The van der Waals surface area contributed by atoms with Crippen LogP contribution >= 0.6 is 11.8 Å². The van der Waals surface area contributed by atoms with Crippen LogP contribution in [0.15, 0.2) is 88.7 Å². The molecule has 0 aliphatic rings. The minimum Gasteiger partial charge on any atom is -0.316 e. The van der Waals surface area contributed by atoms with Crippen molar-refractivity contribution >= 4 is 29.0 Å². The van der Waals surface area contributed by atoms with E-state index >= 15 is 0 Å². The Bertz CT molecular complexity index is 896. The summed E-state index contributed by atoms with van der Waals surface area (Å²) in [5.41, 5.74) is 0.489. The fraction of sp³-hybridized carbons (Fsp3) is 0. The maximum Gasteiger partial charge on any atom is 0.292 e. The Hall–Kier alpha value is -3.12. The number of carbonyl (C=O) groups excluding carboxylic acids is 1. The first-order chi connectivity index (χ1) is 12.1. The van der Waals surface area contributed by atoms with E-state index in [-0.39, 0.29) is 17.3 Å². The van der Waals surface area contributed by atoms with Crippen LogP contribution in [-0.4, -0.2) is 10.8 Å².